The maximum Gasteiger partial charge on any atom is 0.332 e. The lowest BCUT2D eigenvalue weighted by molar-refractivity contribution is -0.153. The van der Waals surface area contributed by atoms with Crippen LogP contribution in [0.1, 0.15) is 53.6 Å². The summed E-state index contributed by atoms with van der Waals surface area (Å²) in [5, 5.41) is 5.22. The molecule has 0 fully saturated rings. The monoisotopic (exact) mass is 570 g/mol. The lowest BCUT2D eigenvalue weighted by atomic mass is 10.0. The quantitative estimate of drug-likeness (QED) is 0.113. The number of para-hydroxylation sites is 1. The highest BCUT2D eigenvalue weighted by atomic mass is 32.1. The molecule has 1 aromatic heterocycles. The zero-order chi connectivity index (χ0) is 29.2. The molecule has 0 aliphatic carbocycles. The van der Waals surface area contributed by atoms with Gasteiger partial charge in [0.25, 0.3) is 0 Å². The third-order valence-corrected chi connectivity index (χ3v) is 6.97. The van der Waals surface area contributed by atoms with Gasteiger partial charge in [-0.05, 0) is 67.5 Å². The number of rotatable bonds is 12. The summed E-state index contributed by atoms with van der Waals surface area (Å²) in [4.78, 5) is 43.5. The van der Waals surface area contributed by atoms with Crippen LogP contribution in [0.4, 0.5) is 5.69 Å². The molecule has 0 aliphatic rings. The second-order valence-electron chi connectivity index (χ2n) is 10.5. The molecule has 0 bridgehead atoms. The van der Waals surface area contributed by atoms with Gasteiger partial charge in [-0.1, -0.05) is 66.7 Å². The zero-order valence-electron chi connectivity index (χ0n) is 23.4. The third kappa shape index (κ3) is 9.13. The summed E-state index contributed by atoms with van der Waals surface area (Å²) in [5.74, 6) is -0.843. The molecule has 41 heavy (non-hydrogen) atoms. The molecule has 0 radical (unpaired) electrons. The Kier molecular flexibility index (Phi) is 10.1. The molecule has 0 spiro atoms. The van der Waals surface area contributed by atoms with Crippen LogP contribution in [0.25, 0.3) is 11.1 Å². The van der Waals surface area contributed by atoms with E-state index in [0.717, 1.165) is 21.6 Å². The molecular formula is C33H34N2O5S. The number of nitrogens with one attached hydrogen (secondary N) is 2. The Bertz CT molecular complexity index is 1470. The lowest BCUT2D eigenvalue weighted by Crippen LogP contribution is -2.31. The van der Waals surface area contributed by atoms with Crippen LogP contribution in [0.2, 0.25) is 0 Å². The number of esters is 1. The van der Waals surface area contributed by atoms with Gasteiger partial charge in [-0.25, -0.2) is 10.3 Å². The lowest BCUT2D eigenvalue weighted by Gasteiger charge is -2.19. The summed E-state index contributed by atoms with van der Waals surface area (Å²) in [6.45, 7) is 6.30. The number of benzene rings is 3. The Morgan fingerprint density at radius 1 is 0.829 bits per heavy atom. The third-order valence-electron chi connectivity index (χ3n) is 6.03. The van der Waals surface area contributed by atoms with E-state index in [0.29, 0.717) is 29.8 Å². The minimum atomic E-state index is -0.491. The second-order valence-corrected chi connectivity index (χ2v) is 11.5. The van der Waals surface area contributed by atoms with Crippen molar-refractivity contribution in [3.05, 3.63) is 112 Å². The van der Waals surface area contributed by atoms with Crippen LogP contribution >= 0.6 is 11.3 Å². The molecule has 0 aliphatic heterocycles. The van der Waals surface area contributed by atoms with Crippen molar-refractivity contribution in [2.75, 3.05) is 12.0 Å². The highest BCUT2D eigenvalue weighted by Crippen LogP contribution is 2.26. The van der Waals surface area contributed by atoms with Crippen molar-refractivity contribution in [3.63, 3.8) is 0 Å². The molecule has 4 aromatic rings. The molecule has 0 atom stereocenters. The first-order valence-electron chi connectivity index (χ1n) is 13.4. The molecule has 2 N–H and O–H groups in total. The van der Waals surface area contributed by atoms with E-state index in [-0.39, 0.29) is 24.7 Å². The molecule has 7 nitrogen and oxygen atoms in total. The van der Waals surface area contributed by atoms with Crippen molar-refractivity contribution >= 4 is 34.7 Å². The first-order chi connectivity index (χ1) is 19.7. The largest absolute Gasteiger partial charge is 0.459 e. The van der Waals surface area contributed by atoms with Crippen molar-refractivity contribution in [1.29, 1.82) is 0 Å². The smallest absolute Gasteiger partial charge is 0.332 e. The maximum atomic E-state index is 12.9. The number of ether oxygens (including phenoxy) is 1. The van der Waals surface area contributed by atoms with Crippen LogP contribution < -0.4 is 10.8 Å². The normalized spacial score (nSPS) is 11.1. The predicted molar refractivity (Wildman–Crippen MR) is 162 cm³/mol. The van der Waals surface area contributed by atoms with Gasteiger partial charge in [-0.2, -0.15) is 0 Å². The van der Waals surface area contributed by atoms with Crippen molar-refractivity contribution in [3.8, 4) is 11.1 Å². The summed E-state index contributed by atoms with van der Waals surface area (Å²) >= 11 is 1.63. The standard InChI is InChI=1S/C33H34N2O5S/c1-33(2,3)39-31(37)21-34-20-27-19-26(22-41-27)24-16-13-23(14-17-24)15-18-30(36)40-35-29-12-8-7-11-28(29)32(38)25-9-5-4-6-10-25/h4-14,16-17,19,22,34-35H,15,18,20-21H2,1-3H3. The Morgan fingerprint density at radius 2 is 1.54 bits per heavy atom. The Morgan fingerprint density at radius 3 is 2.27 bits per heavy atom. The Hall–Kier alpha value is -4.27. The van der Waals surface area contributed by atoms with Crippen LogP contribution in [0, 0.1) is 0 Å². The van der Waals surface area contributed by atoms with E-state index in [1.165, 1.54) is 0 Å². The number of anilines is 1. The van der Waals surface area contributed by atoms with Gasteiger partial charge in [0.1, 0.15) is 5.60 Å². The highest BCUT2D eigenvalue weighted by molar-refractivity contribution is 7.10. The first-order valence-corrected chi connectivity index (χ1v) is 14.3. The minimum absolute atomic E-state index is 0.153. The molecule has 0 saturated carbocycles. The number of aryl methyl sites for hydroxylation is 1. The molecule has 0 unspecified atom stereocenters. The second kappa shape index (κ2) is 13.9. The molecule has 212 valence electrons. The van der Waals surface area contributed by atoms with Gasteiger partial charge in [0, 0.05) is 22.5 Å². The van der Waals surface area contributed by atoms with E-state index in [1.807, 2.05) is 63.2 Å². The molecule has 0 saturated heterocycles. The van der Waals surface area contributed by atoms with Crippen molar-refractivity contribution in [2.24, 2.45) is 0 Å². The number of hydrogen-bond acceptors (Lipinski definition) is 8. The molecule has 1 heterocycles. The summed E-state index contributed by atoms with van der Waals surface area (Å²) in [5.41, 5.74) is 6.79. The molecule has 3 aromatic carbocycles. The maximum absolute atomic E-state index is 12.9. The first kappa shape index (κ1) is 29.7. The van der Waals surface area contributed by atoms with Gasteiger partial charge in [-0.15, -0.1) is 11.3 Å². The Balaban J connectivity index is 1.23. The zero-order valence-corrected chi connectivity index (χ0v) is 24.3. The molecular weight excluding hydrogens is 536 g/mol. The van der Waals surface area contributed by atoms with Crippen LogP contribution in [0.15, 0.2) is 90.3 Å². The number of ketones is 1. The Labute approximate surface area is 244 Å². The van der Waals surface area contributed by atoms with E-state index < -0.39 is 11.6 Å². The fraction of sp³-hybridized carbons (Fsp3) is 0.242. The van der Waals surface area contributed by atoms with E-state index in [9.17, 15) is 14.4 Å². The fourth-order valence-electron chi connectivity index (χ4n) is 4.08. The topological polar surface area (TPSA) is 93.7 Å². The van der Waals surface area contributed by atoms with Crippen LogP contribution in [-0.2, 0) is 32.1 Å². The number of carbonyl (C=O) groups is 3. The molecule has 8 heteroatoms. The average Bonchev–Trinajstić information content (AvgIpc) is 3.43. The average molecular weight is 571 g/mol. The van der Waals surface area contributed by atoms with Gasteiger partial charge in [0.05, 0.1) is 18.7 Å². The highest BCUT2D eigenvalue weighted by Gasteiger charge is 2.16. The fourth-order valence-corrected chi connectivity index (χ4v) is 4.94. The predicted octanol–water partition coefficient (Wildman–Crippen LogP) is 6.58. The molecule has 0 amide bonds. The van der Waals surface area contributed by atoms with Crippen molar-refractivity contribution in [2.45, 2.75) is 45.8 Å². The van der Waals surface area contributed by atoms with Crippen LogP contribution in [-0.4, -0.2) is 29.9 Å². The van der Waals surface area contributed by atoms with Crippen LogP contribution in [0.5, 0.6) is 0 Å². The molecule has 4 rings (SSSR count). The van der Waals surface area contributed by atoms with E-state index in [2.05, 4.69) is 22.2 Å². The van der Waals surface area contributed by atoms with Gasteiger partial charge in [0.2, 0.25) is 0 Å². The summed E-state index contributed by atoms with van der Waals surface area (Å²) in [6.07, 6.45) is 0.710. The number of hydrogen-bond donors (Lipinski definition) is 2. The van der Waals surface area contributed by atoms with Crippen LogP contribution in [0.3, 0.4) is 0 Å². The number of thiophene rings is 1. The van der Waals surface area contributed by atoms with Crippen molar-refractivity contribution < 1.29 is 24.0 Å². The van der Waals surface area contributed by atoms with Gasteiger partial charge in [0.15, 0.2) is 5.78 Å². The van der Waals surface area contributed by atoms with E-state index >= 15 is 0 Å². The van der Waals surface area contributed by atoms with Crippen molar-refractivity contribution in [1.82, 2.24) is 5.32 Å². The van der Waals surface area contributed by atoms with E-state index in [1.54, 1.807) is 47.7 Å². The minimum Gasteiger partial charge on any atom is -0.459 e. The summed E-state index contributed by atoms with van der Waals surface area (Å²) in [6, 6.07) is 26.1. The summed E-state index contributed by atoms with van der Waals surface area (Å²) in [7, 11) is 0. The van der Waals surface area contributed by atoms with Gasteiger partial charge < -0.3 is 14.9 Å². The number of carbonyl (C=O) groups excluding carboxylic acids is 3. The SMILES string of the molecule is CC(C)(C)OC(=O)CNCc1cc(-c2ccc(CCC(=O)ONc3ccccc3C(=O)c3ccccc3)cc2)cs1. The van der Waals surface area contributed by atoms with Gasteiger partial charge >= 0.3 is 11.9 Å². The van der Waals surface area contributed by atoms with E-state index in [4.69, 9.17) is 9.57 Å². The van der Waals surface area contributed by atoms with Gasteiger partial charge in [-0.3, -0.25) is 9.59 Å². The summed E-state index contributed by atoms with van der Waals surface area (Å²) < 4.78 is 5.32.